The van der Waals surface area contributed by atoms with Crippen LogP contribution >= 0.6 is 0 Å². The van der Waals surface area contributed by atoms with Gasteiger partial charge in [-0.15, -0.1) is 0 Å². The van der Waals surface area contributed by atoms with Crippen molar-refractivity contribution >= 4 is 10.0 Å². The number of H-pyrrole nitrogens is 1. The van der Waals surface area contributed by atoms with Crippen LogP contribution in [-0.4, -0.2) is 13.4 Å². The minimum atomic E-state index is -3.45. The molecular weight excluding hydrogens is 248 g/mol. The third-order valence-electron chi connectivity index (χ3n) is 2.63. The molecule has 5 heteroatoms. The van der Waals surface area contributed by atoms with E-state index in [-0.39, 0.29) is 0 Å². The molecule has 1 heterocycles. The van der Waals surface area contributed by atoms with Crippen LogP contribution < -0.4 is 4.72 Å². The van der Waals surface area contributed by atoms with E-state index in [1.165, 1.54) is 0 Å². The molecule has 0 unspecified atom stereocenters. The Kier molecular flexibility index (Phi) is 3.54. The Morgan fingerprint density at radius 2 is 1.83 bits per heavy atom. The number of benzene rings is 1. The number of hydrogen-bond acceptors (Lipinski definition) is 2. The summed E-state index contributed by atoms with van der Waals surface area (Å²) in [4.78, 5) is 3.20. The molecule has 0 spiro atoms. The molecule has 0 amide bonds. The summed E-state index contributed by atoms with van der Waals surface area (Å²) in [5, 5.41) is 0. The average molecular weight is 264 g/mol. The number of rotatable bonds is 4. The van der Waals surface area contributed by atoms with E-state index in [4.69, 9.17) is 0 Å². The fraction of sp³-hybridized carbons (Fsp3) is 0.231. The lowest BCUT2D eigenvalue weighted by Gasteiger charge is -2.07. The van der Waals surface area contributed by atoms with Crippen LogP contribution in [0, 0.1) is 13.8 Å². The average Bonchev–Trinajstić information content (AvgIpc) is 2.78. The van der Waals surface area contributed by atoms with Crippen LogP contribution in [0.25, 0.3) is 0 Å². The van der Waals surface area contributed by atoms with Crippen molar-refractivity contribution in [2.45, 2.75) is 25.3 Å². The summed E-state index contributed by atoms with van der Waals surface area (Å²) in [5.41, 5.74) is 2.79. The normalized spacial score (nSPS) is 11.7. The van der Waals surface area contributed by atoms with Gasteiger partial charge in [0.25, 0.3) is 0 Å². The zero-order chi connectivity index (χ0) is 13.2. The van der Waals surface area contributed by atoms with Crippen LogP contribution in [0.3, 0.4) is 0 Å². The number of aryl methyl sites for hydroxylation is 2. The largest absolute Gasteiger partial charge is 0.367 e. The second kappa shape index (κ2) is 4.96. The second-order valence-electron chi connectivity index (χ2n) is 4.37. The molecule has 96 valence electrons. The second-order valence-corrected chi connectivity index (χ2v) is 6.13. The van der Waals surface area contributed by atoms with Crippen molar-refractivity contribution in [3.05, 3.63) is 53.3 Å². The summed E-state index contributed by atoms with van der Waals surface area (Å²) >= 11 is 0. The van der Waals surface area contributed by atoms with Gasteiger partial charge in [-0.1, -0.05) is 6.07 Å². The summed E-state index contributed by atoms with van der Waals surface area (Å²) < 4.78 is 26.8. The zero-order valence-corrected chi connectivity index (χ0v) is 11.2. The van der Waals surface area contributed by atoms with Crippen LogP contribution in [0.5, 0.6) is 0 Å². The van der Waals surface area contributed by atoms with Gasteiger partial charge >= 0.3 is 0 Å². The Morgan fingerprint density at radius 1 is 1.17 bits per heavy atom. The lowest BCUT2D eigenvalue weighted by Crippen LogP contribution is -2.23. The molecular formula is C13H16N2O2S. The summed E-state index contributed by atoms with van der Waals surface area (Å²) in [6, 6.07) is 7.13. The van der Waals surface area contributed by atoms with E-state index >= 15 is 0 Å². The molecule has 0 fully saturated rings. The van der Waals surface area contributed by atoms with Gasteiger partial charge in [-0.2, -0.15) is 0 Å². The zero-order valence-electron chi connectivity index (χ0n) is 10.4. The first kappa shape index (κ1) is 12.9. The molecule has 18 heavy (non-hydrogen) atoms. The van der Waals surface area contributed by atoms with Gasteiger partial charge in [0.05, 0.1) is 4.90 Å². The highest BCUT2D eigenvalue weighted by Gasteiger charge is 2.14. The van der Waals surface area contributed by atoms with Gasteiger partial charge in [0.15, 0.2) is 0 Å². The number of nitrogens with one attached hydrogen (secondary N) is 2. The molecule has 0 radical (unpaired) electrons. The third kappa shape index (κ3) is 3.00. The molecule has 0 aliphatic heterocycles. The number of aromatic amines is 1. The Hall–Kier alpha value is -1.59. The molecule has 0 aliphatic rings. The fourth-order valence-corrected chi connectivity index (χ4v) is 3.02. The molecule has 1 aromatic carbocycles. The maximum Gasteiger partial charge on any atom is 0.240 e. The molecule has 4 nitrogen and oxygen atoms in total. The van der Waals surface area contributed by atoms with Crippen molar-refractivity contribution in [3.63, 3.8) is 0 Å². The van der Waals surface area contributed by atoms with E-state index in [0.717, 1.165) is 16.7 Å². The number of sulfonamides is 1. The van der Waals surface area contributed by atoms with Crippen molar-refractivity contribution in [2.75, 3.05) is 0 Å². The lowest BCUT2D eigenvalue weighted by molar-refractivity contribution is 0.581. The summed E-state index contributed by atoms with van der Waals surface area (Å²) in [6.45, 7) is 4.06. The van der Waals surface area contributed by atoms with E-state index in [1.807, 2.05) is 26.0 Å². The van der Waals surface area contributed by atoms with Gasteiger partial charge in [0, 0.05) is 18.9 Å². The predicted molar refractivity (Wildman–Crippen MR) is 70.7 cm³/mol. The highest BCUT2D eigenvalue weighted by molar-refractivity contribution is 7.89. The number of aromatic nitrogens is 1. The van der Waals surface area contributed by atoms with Gasteiger partial charge in [-0.05, 0) is 48.7 Å². The fourth-order valence-electron chi connectivity index (χ4n) is 1.82. The van der Waals surface area contributed by atoms with Gasteiger partial charge in [-0.3, -0.25) is 0 Å². The molecule has 0 bridgehead atoms. The third-order valence-corrected chi connectivity index (χ3v) is 4.01. The van der Waals surface area contributed by atoms with Gasteiger partial charge in [0.1, 0.15) is 0 Å². The minimum absolute atomic E-state index is 0.290. The molecule has 2 rings (SSSR count). The Morgan fingerprint density at radius 3 is 2.39 bits per heavy atom. The van der Waals surface area contributed by atoms with E-state index in [1.54, 1.807) is 24.5 Å². The van der Waals surface area contributed by atoms with E-state index < -0.39 is 10.0 Å². The van der Waals surface area contributed by atoms with Gasteiger partial charge in [0.2, 0.25) is 10.0 Å². The smallest absolute Gasteiger partial charge is 0.240 e. The maximum atomic E-state index is 12.1. The van der Waals surface area contributed by atoms with E-state index in [9.17, 15) is 8.42 Å². The lowest BCUT2D eigenvalue weighted by atomic mass is 10.2. The standard InChI is InChI=1S/C13H16N2O2S/c1-10-5-11(2)7-13(6-10)18(16,17)15-9-12-3-4-14-8-12/h3-8,14-15H,9H2,1-2H3. The molecule has 2 N–H and O–H groups in total. The monoisotopic (exact) mass is 264 g/mol. The van der Waals surface area contributed by atoms with Gasteiger partial charge < -0.3 is 4.98 Å². The van der Waals surface area contributed by atoms with Gasteiger partial charge in [-0.25, -0.2) is 13.1 Å². The quantitative estimate of drug-likeness (QED) is 0.888. The molecule has 1 aromatic heterocycles. The van der Waals surface area contributed by atoms with Crippen molar-refractivity contribution in [1.29, 1.82) is 0 Å². The van der Waals surface area contributed by atoms with Crippen LogP contribution in [0.2, 0.25) is 0 Å². The Balaban J connectivity index is 2.20. The molecule has 2 aromatic rings. The predicted octanol–water partition coefficient (Wildman–Crippen LogP) is 2.11. The summed E-state index contributed by atoms with van der Waals surface area (Å²) in [7, 11) is -3.45. The summed E-state index contributed by atoms with van der Waals surface area (Å²) in [5.74, 6) is 0. The highest BCUT2D eigenvalue weighted by atomic mass is 32.2. The van der Waals surface area contributed by atoms with Crippen molar-refractivity contribution < 1.29 is 8.42 Å². The van der Waals surface area contributed by atoms with E-state index in [2.05, 4.69) is 9.71 Å². The van der Waals surface area contributed by atoms with Crippen LogP contribution in [-0.2, 0) is 16.6 Å². The first-order valence-corrected chi connectivity index (χ1v) is 7.15. The van der Waals surface area contributed by atoms with Crippen molar-refractivity contribution in [1.82, 2.24) is 9.71 Å². The highest BCUT2D eigenvalue weighted by Crippen LogP contribution is 2.14. The molecule has 0 aliphatic carbocycles. The first-order chi connectivity index (χ1) is 8.47. The van der Waals surface area contributed by atoms with Crippen LogP contribution in [0.15, 0.2) is 41.6 Å². The summed E-state index contributed by atoms with van der Waals surface area (Å²) in [6.07, 6.45) is 3.53. The maximum absolute atomic E-state index is 12.1. The minimum Gasteiger partial charge on any atom is -0.367 e. The Labute approximate surface area is 107 Å². The molecule has 0 saturated heterocycles. The number of hydrogen-bond donors (Lipinski definition) is 2. The van der Waals surface area contributed by atoms with E-state index in [0.29, 0.717) is 11.4 Å². The Bertz CT molecular complexity index is 611. The SMILES string of the molecule is Cc1cc(C)cc(S(=O)(=O)NCc2cc[nH]c2)c1. The van der Waals surface area contributed by atoms with Crippen molar-refractivity contribution in [2.24, 2.45) is 0 Å². The van der Waals surface area contributed by atoms with Crippen LogP contribution in [0.4, 0.5) is 0 Å². The molecule has 0 saturated carbocycles. The first-order valence-electron chi connectivity index (χ1n) is 5.67. The molecule has 0 atom stereocenters. The van der Waals surface area contributed by atoms with Crippen molar-refractivity contribution in [3.8, 4) is 0 Å². The topological polar surface area (TPSA) is 62.0 Å². The van der Waals surface area contributed by atoms with Crippen LogP contribution in [0.1, 0.15) is 16.7 Å².